The Morgan fingerprint density at radius 2 is 2.12 bits per heavy atom. The molecule has 2 aromatic rings. The number of halogens is 1. The molecule has 0 spiro atoms. The molecule has 0 aliphatic carbocycles. The predicted molar refractivity (Wildman–Crippen MR) is 93.9 cm³/mol. The molecule has 0 saturated carbocycles. The van der Waals surface area contributed by atoms with E-state index in [0.29, 0.717) is 28.3 Å². The van der Waals surface area contributed by atoms with Crippen LogP contribution in [0.2, 0.25) is 0 Å². The number of nitrogens with zero attached hydrogens (tertiary/aromatic N) is 5. The van der Waals surface area contributed by atoms with Gasteiger partial charge < -0.3 is 9.67 Å². The molecule has 0 aromatic carbocycles. The number of tetrazole rings is 1. The van der Waals surface area contributed by atoms with Crippen LogP contribution in [0.5, 0.6) is 0 Å². The van der Waals surface area contributed by atoms with Gasteiger partial charge in [-0.05, 0) is 48.4 Å². The average molecular weight is 364 g/mol. The highest BCUT2D eigenvalue weighted by molar-refractivity contribution is 6.30. The predicted octanol–water partition coefficient (Wildman–Crippen LogP) is 2.15. The Labute approximate surface area is 149 Å². The summed E-state index contributed by atoms with van der Waals surface area (Å²) in [6.07, 6.45) is 3.80. The largest absolute Gasteiger partial charge is 0.480 e. The van der Waals surface area contributed by atoms with Gasteiger partial charge in [0.05, 0.1) is 5.70 Å². The Bertz CT molecular complexity index is 893. The molecule has 8 nitrogen and oxygen atoms in total. The molecular weight excluding hydrogens is 346 g/mol. The van der Waals surface area contributed by atoms with Crippen molar-refractivity contribution in [3.8, 4) is 0 Å². The van der Waals surface area contributed by atoms with Crippen molar-refractivity contribution in [3.63, 3.8) is 0 Å². The Morgan fingerprint density at radius 1 is 1.40 bits per heavy atom. The van der Waals surface area contributed by atoms with Crippen LogP contribution in [0.25, 0.3) is 11.3 Å². The molecule has 0 fully saturated rings. The molecule has 0 unspecified atom stereocenters. The molecule has 0 aliphatic heterocycles. The van der Waals surface area contributed by atoms with Crippen LogP contribution in [0.1, 0.15) is 31.5 Å². The number of aryl methyl sites for hydroxylation is 1. The minimum absolute atomic E-state index is 0.387. The highest BCUT2D eigenvalue weighted by Gasteiger charge is 2.14. The number of aliphatic carboxylic acids is 1. The van der Waals surface area contributed by atoms with Gasteiger partial charge in [-0.1, -0.05) is 18.5 Å². The zero-order valence-electron chi connectivity index (χ0n) is 14.1. The molecule has 25 heavy (non-hydrogen) atoms. The second kappa shape index (κ2) is 7.89. The van der Waals surface area contributed by atoms with Gasteiger partial charge in [0.1, 0.15) is 12.9 Å². The van der Waals surface area contributed by atoms with E-state index < -0.39 is 11.5 Å². The van der Waals surface area contributed by atoms with Crippen LogP contribution in [0.15, 0.2) is 34.4 Å². The Morgan fingerprint density at radius 3 is 2.60 bits per heavy atom. The van der Waals surface area contributed by atoms with E-state index >= 15 is 0 Å². The summed E-state index contributed by atoms with van der Waals surface area (Å²) >= 11 is 6.07. The van der Waals surface area contributed by atoms with Gasteiger partial charge >= 0.3 is 5.97 Å². The third kappa shape index (κ3) is 4.42. The normalized spacial score (nSPS) is 12.9. The SMILES string of the molecule is CC/C(=C(\C=C(/C)Cl)c1cc(C)n(CC(=O)O)c(=O)c1)n1cnnn1. The molecule has 1 N–H and O–H groups in total. The number of rotatable bonds is 6. The average Bonchev–Trinajstić information content (AvgIpc) is 3.04. The summed E-state index contributed by atoms with van der Waals surface area (Å²) in [6, 6.07) is 3.14. The number of allylic oxidation sites excluding steroid dienone is 4. The van der Waals surface area contributed by atoms with E-state index in [9.17, 15) is 9.59 Å². The van der Waals surface area contributed by atoms with E-state index in [1.807, 2.05) is 6.92 Å². The quantitative estimate of drug-likeness (QED) is 0.789. The fourth-order valence-electron chi connectivity index (χ4n) is 2.52. The fourth-order valence-corrected chi connectivity index (χ4v) is 2.62. The molecule has 0 aliphatic rings. The van der Waals surface area contributed by atoms with E-state index in [4.69, 9.17) is 16.7 Å². The number of carboxylic acids is 1. The summed E-state index contributed by atoms with van der Waals surface area (Å²) in [4.78, 5) is 23.3. The van der Waals surface area contributed by atoms with Crippen molar-refractivity contribution in [1.29, 1.82) is 0 Å². The van der Waals surface area contributed by atoms with E-state index in [1.54, 1.807) is 26.0 Å². The molecule has 2 heterocycles. The van der Waals surface area contributed by atoms with Crippen molar-refractivity contribution >= 4 is 28.8 Å². The smallest absolute Gasteiger partial charge is 0.323 e. The lowest BCUT2D eigenvalue weighted by Gasteiger charge is -2.14. The van der Waals surface area contributed by atoms with Gasteiger partial charge in [-0.15, -0.1) is 5.10 Å². The second-order valence-corrected chi connectivity index (χ2v) is 6.00. The fraction of sp³-hybridized carbons (Fsp3) is 0.312. The van der Waals surface area contributed by atoms with E-state index in [1.165, 1.54) is 21.6 Å². The third-order valence-corrected chi connectivity index (χ3v) is 3.66. The maximum atomic E-state index is 12.4. The van der Waals surface area contributed by atoms with Crippen molar-refractivity contribution in [1.82, 2.24) is 24.8 Å². The van der Waals surface area contributed by atoms with Crippen LogP contribution >= 0.6 is 11.6 Å². The molecule has 0 atom stereocenters. The maximum absolute atomic E-state index is 12.4. The van der Waals surface area contributed by atoms with Crippen LogP contribution in [0.4, 0.5) is 0 Å². The molecule has 2 rings (SSSR count). The maximum Gasteiger partial charge on any atom is 0.323 e. The van der Waals surface area contributed by atoms with Crippen LogP contribution in [0, 0.1) is 6.92 Å². The summed E-state index contributed by atoms with van der Waals surface area (Å²) in [5.41, 5.74) is 2.22. The lowest BCUT2D eigenvalue weighted by molar-refractivity contribution is -0.137. The molecule has 132 valence electrons. The minimum atomic E-state index is -1.08. The van der Waals surface area contributed by atoms with Crippen LogP contribution < -0.4 is 5.56 Å². The summed E-state index contributed by atoms with van der Waals surface area (Å²) in [5, 5.41) is 20.7. The van der Waals surface area contributed by atoms with E-state index in [2.05, 4.69) is 15.5 Å². The number of aromatic nitrogens is 5. The molecule has 2 aromatic heterocycles. The molecule has 0 saturated heterocycles. The van der Waals surface area contributed by atoms with Gasteiger partial charge in [0.2, 0.25) is 0 Å². The van der Waals surface area contributed by atoms with Crippen molar-refractivity contribution in [2.24, 2.45) is 0 Å². The van der Waals surface area contributed by atoms with E-state index in [-0.39, 0.29) is 6.54 Å². The first-order valence-corrected chi connectivity index (χ1v) is 7.95. The molecule has 0 bridgehead atoms. The van der Waals surface area contributed by atoms with Gasteiger partial charge in [0.15, 0.2) is 0 Å². The van der Waals surface area contributed by atoms with Crippen molar-refractivity contribution in [2.75, 3.05) is 0 Å². The van der Waals surface area contributed by atoms with Gasteiger partial charge in [-0.2, -0.15) is 0 Å². The Balaban J connectivity index is 2.70. The van der Waals surface area contributed by atoms with Gasteiger partial charge in [-0.25, -0.2) is 4.68 Å². The highest BCUT2D eigenvalue weighted by Crippen LogP contribution is 2.27. The van der Waals surface area contributed by atoms with Gasteiger partial charge in [-0.3, -0.25) is 9.59 Å². The first kappa shape index (κ1) is 18.6. The van der Waals surface area contributed by atoms with Crippen LogP contribution in [-0.4, -0.2) is 35.9 Å². The standard InChI is InChI=1S/C16H18ClN5O3/c1-4-14(22-9-18-19-20-22)13(5-10(2)17)12-6-11(3)21(8-16(24)25)15(23)7-12/h5-7,9H,4,8H2,1-3H3,(H,24,25)/b10-5+,14-13-. The van der Waals surface area contributed by atoms with Crippen molar-refractivity contribution in [3.05, 3.63) is 51.2 Å². The van der Waals surface area contributed by atoms with Crippen LogP contribution in [0.3, 0.4) is 0 Å². The monoisotopic (exact) mass is 363 g/mol. The molecular formula is C16H18ClN5O3. The van der Waals surface area contributed by atoms with Crippen molar-refractivity contribution < 1.29 is 9.90 Å². The van der Waals surface area contributed by atoms with E-state index in [0.717, 1.165) is 5.70 Å². The Hall–Kier alpha value is -2.74. The summed E-state index contributed by atoms with van der Waals surface area (Å²) in [5.74, 6) is -1.08. The van der Waals surface area contributed by atoms with Crippen LogP contribution in [-0.2, 0) is 11.3 Å². The lowest BCUT2D eigenvalue weighted by Crippen LogP contribution is -2.26. The zero-order valence-corrected chi connectivity index (χ0v) is 14.9. The van der Waals surface area contributed by atoms with Gasteiger partial charge in [0, 0.05) is 22.4 Å². The second-order valence-electron chi connectivity index (χ2n) is 5.40. The number of carboxylic acid groups (broad SMARTS) is 1. The molecule has 0 amide bonds. The van der Waals surface area contributed by atoms with Gasteiger partial charge in [0.25, 0.3) is 5.56 Å². The zero-order chi connectivity index (χ0) is 18.6. The minimum Gasteiger partial charge on any atom is -0.480 e. The Kier molecular flexibility index (Phi) is 5.87. The first-order valence-electron chi connectivity index (χ1n) is 7.57. The summed E-state index contributed by atoms with van der Waals surface area (Å²) in [6.45, 7) is 4.97. The topological polar surface area (TPSA) is 103 Å². The lowest BCUT2D eigenvalue weighted by atomic mass is 10.0. The molecule has 9 heteroatoms. The number of pyridine rings is 1. The third-order valence-electron chi connectivity index (χ3n) is 3.55. The first-order chi connectivity index (χ1) is 11.8. The molecule has 0 radical (unpaired) electrons. The number of hydrogen-bond acceptors (Lipinski definition) is 5. The highest BCUT2D eigenvalue weighted by atomic mass is 35.5. The number of carbonyl (C=O) groups is 1. The van der Waals surface area contributed by atoms with Crippen molar-refractivity contribution in [2.45, 2.75) is 33.7 Å². The summed E-state index contributed by atoms with van der Waals surface area (Å²) < 4.78 is 2.72. The summed E-state index contributed by atoms with van der Waals surface area (Å²) in [7, 11) is 0. The number of hydrogen-bond donors (Lipinski definition) is 1.